The van der Waals surface area contributed by atoms with E-state index in [1.165, 1.54) is 6.07 Å². The topological polar surface area (TPSA) is 58.2 Å². The second-order valence-corrected chi connectivity index (χ2v) is 5.93. The first-order valence-electron chi connectivity index (χ1n) is 7.50. The average Bonchev–Trinajstić information content (AvgIpc) is 2.59. The van der Waals surface area contributed by atoms with Gasteiger partial charge >= 0.3 is 24.2 Å². The van der Waals surface area contributed by atoms with E-state index in [0.29, 0.717) is 22.7 Å². The molecule has 2 aromatic carbocycles. The Morgan fingerprint density at radius 3 is 1.89 bits per heavy atom. The van der Waals surface area contributed by atoms with Gasteiger partial charge in [0.15, 0.2) is 0 Å². The van der Waals surface area contributed by atoms with Crippen LogP contribution < -0.4 is 10.6 Å². The van der Waals surface area contributed by atoms with Gasteiger partial charge in [0.25, 0.3) is 0 Å². The van der Waals surface area contributed by atoms with Gasteiger partial charge in [-0.25, -0.2) is 0 Å². The Labute approximate surface area is 159 Å². The lowest BCUT2D eigenvalue weighted by molar-refractivity contribution is -0.143. The fourth-order valence-corrected chi connectivity index (χ4v) is 2.32. The molecule has 0 aliphatic heterocycles. The maximum atomic E-state index is 12.8. The molecule has 0 heterocycles. The van der Waals surface area contributed by atoms with Crippen LogP contribution >= 0.6 is 11.6 Å². The van der Waals surface area contributed by atoms with Crippen LogP contribution in [0.25, 0.3) is 0 Å². The Morgan fingerprint density at radius 2 is 1.39 bits per heavy atom. The number of carbonyl (C=O) groups is 2. The molecule has 4 nitrogen and oxygen atoms in total. The molecular formula is C17H11ClF6N2O2. The van der Waals surface area contributed by atoms with Crippen LogP contribution in [0.2, 0.25) is 5.02 Å². The van der Waals surface area contributed by atoms with E-state index in [2.05, 4.69) is 5.32 Å². The number of nitrogens with one attached hydrogen (secondary N) is 2. The highest BCUT2D eigenvalue weighted by Crippen LogP contribution is 2.37. The van der Waals surface area contributed by atoms with Crippen molar-refractivity contribution < 1.29 is 35.9 Å². The number of hydrogen-bond donors (Lipinski definition) is 2. The van der Waals surface area contributed by atoms with Crippen molar-refractivity contribution in [1.29, 1.82) is 0 Å². The van der Waals surface area contributed by atoms with Gasteiger partial charge in [-0.2, -0.15) is 26.3 Å². The molecule has 2 amide bonds. The van der Waals surface area contributed by atoms with E-state index in [-0.39, 0.29) is 12.6 Å². The number of amides is 2. The van der Waals surface area contributed by atoms with E-state index >= 15 is 0 Å². The largest absolute Gasteiger partial charge is 0.416 e. The van der Waals surface area contributed by atoms with Crippen LogP contribution in [0.3, 0.4) is 0 Å². The van der Waals surface area contributed by atoms with Crippen LogP contribution in [0.5, 0.6) is 0 Å². The molecule has 0 fully saturated rings. The monoisotopic (exact) mass is 424 g/mol. The van der Waals surface area contributed by atoms with Crippen molar-refractivity contribution in [2.75, 3.05) is 5.32 Å². The highest BCUT2D eigenvalue weighted by atomic mass is 35.5. The van der Waals surface area contributed by atoms with Gasteiger partial charge in [-0.3, -0.25) is 9.59 Å². The number of benzene rings is 2. The standard InChI is InChI=1S/C17H11ClF6N2O2/c18-13-4-2-1-3-9(13)8-25-14(27)15(28)26-12-6-10(16(19,20)21)5-11(7-12)17(22,23)24/h1-7H,8H2,(H,25,27)(H,26,28). The molecule has 0 saturated carbocycles. The Hall–Kier alpha value is -2.75. The van der Waals surface area contributed by atoms with Gasteiger partial charge in [-0.15, -0.1) is 0 Å². The molecule has 0 aromatic heterocycles. The van der Waals surface area contributed by atoms with Gasteiger partial charge in [0.1, 0.15) is 0 Å². The zero-order valence-corrected chi connectivity index (χ0v) is 14.5. The average molecular weight is 425 g/mol. The normalized spacial score (nSPS) is 11.8. The summed E-state index contributed by atoms with van der Waals surface area (Å²) in [7, 11) is 0. The lowest BCUT2D eigenvalue weighted by Gasteiger charge is -2.14. The smallest absolute Gasteiger partial charge is 0.344 e. The molecule has 0 spiro atoms. The number of rotatable bonds is 3. The third-order valence-corrected chi connectivity index (χ3v) is 3.82. The van der Waals surface area contributed by atoms with Crippen LogP contribution in [0, 0.1) is 0 Å². The maximum absolute atomic E-state index is 12.8. The zero-order valence-electron chi connectivity index (χ0n) is 13.7. The van der Waals surface area contributed by atoms with Gasteiger partial charge in [0.2, 0.25) is 0 Å². The first-order valence-corrected chi connectivity index (χ1v) is 7.88. The second-order valence-electron chi connectivity index (χ2n) is 5.52. The summed E-state index contributed by atoms with van der Waals surface area (Å²) in [6, 6.07) is 6.85. The maximum Gasteiger partial charge on any atom is 0.416 e. The second kappa shape index (κ2) is 8.09. The van der Waals surface area contributed by atoms with Gasteiger partial charge in [-0.1, -0.05) is 29.8 Å². The molecule has 0 aliphatic carbocycles. The molecule has 0 saturated heterocycles. The van der Waals surface area contributed by atoms with E-state index in [1.54, 1.807) is 23.5 Å². The summed E-state index contributed by atoms with van der Waals surface area (Å²) in [5.41, 5.74) is -3.59. The number of anilines is 1. The van der Waals surface area contributed by atoms with Crippen molar-refractivity contribution >= 4 is 29.1 Å². The minimum atomic E-state index is -5.08. The van der Waals surface area contributed by atoms with E-state index < -0.39 is 41.0 Å². The highest BCUT2D eigenvalue weighted by Gasteiger charge is 2.37. The lowest BCUT2D eigenvalue weighted by Crippen LogP contribution is -2.35. The summed E-state index contributed by atoms with van der Waals surface area (Å²) in [6.45, 7) is -0.164. The number of alkyl halides is 6. The number of carbonyl (C=O) groups excluding carboxylic acids is 2. The molecule has 2 rings (SSSR count). The van der Waals surface area contributed by atoms with Crippen LogP contribution in [-0.2, 0) is 28.5 Å². The van der Waals surface area contributed by atoms with Crippen LogP contribution in [0.15, 0.2) is 42.5 Å². The van der Waals surface area contributed by atoms with Gasteiger partial charge in [-0.05, 0) is 29.8 Å². The molecule has 11 heteroatoms. The number of hydrogen-bond acceptors (Lipinski definition) is 2. The first-order chi connectivity index (χ1) is 12.9. The van der Waals surface area contributed by atoms with E-state index in [9.17, 15) is 35.9 Å². The summed E-state index contributed by atoms with van der Waals surface area (Å²) in [5, 5.41) is 4.21. The summed E-state index contributed by atoms with van der Waals surface area (Å²) in [5.74, 6) is -2.69. The Kier molecular flexibility index (Phi) is 6.23. The summed E-state index contributed by atoms with van der Waals surface area (Å²) in [6.07, 6.45) is -10.2. The van der Waals surface area contributed by atoms with Gasteiger partial charge < -0.3 is 10.6 Å². The molecule has 0 radical (unpaired) electrons. The van der Waals surface area contributed by atoms with Crippen LogP contribution in [0.4, 0.5) is 32.0 Å². The molecule has 0 bridgehead atoms. The summed E-state index contributed by atoms with van der Waals surface area (Å²) < 4.78 is 76.8. The minimum Gasteiger partial charge on any atom is -0.344 e. The van der Waals surface area contributed by atoms with E-state index in [4.69, 9.17) is 11.6 Å². The highest BCUT2D eigenvalue weighted by molar-refractivity contribution is 6.39. The van der Waals surface area contributed by atoms with Gasteiger partial charge in [0.05, 0.1) is 11.1 Å². The fraction of sp³-hybridized carbons (Fsp3) is 0.176. The van der Waals surface area contributed by atoms with E-state index in [0.717, 1.165) is 0 Å². The predicted molar refractivity (Wildman–Crippen MR) is 88.4 cm³/mol. The van der Waals surface area contributed by atoms with Gasteiger partial charge in [0, 0.05) is 17.3 Å². The Morgan fingerprint density at radius 1 is 0.857 bits per heavy atom. The van der Waals surface area contributed by atoms with Crippen molar-refractivity contribution in [1.82, 2.24) is 5.32 Å². The van der Waals surface area contributed by atoms with Crippen molar-refractivity contribution in [3.63, 3.8) is 0 Å². The third-order valence-electron chi connectivity index (χ3n) is 3.45. The molecule has 2 N–H and O–H groups in total. The van der Waals surface area contributed by atoms with Crippen molar-refractivity contribution in [3.05, 3.63) is 64.2 Å². The van der Waals surface area contributed by atoms with Crippen LogP contribution in [0.1, 0.15) is 16.7 Å². The fourth-order valence-electron chi connectivity index (χ4n) is 2.11. The van der Waals surface area contributed by atoms with Crippen LogP contribution in [-0.4, -0.2) is 11.8 Å². The molecular weight excluding hydrogens is 414 g/mol. The third kappa shape index (κ3) is 5.62. The molecule has 150 valence electrons. The number of halogens is 7. The quantitative estimate of drug-likeness (QED) is 0.557. The lowest BCUT2D eigenvalue weighted by atomic mass is 10.1. The van der Waals surface area contributed by atoms with Crippen molar-refractivity contribution in [2.45, 2.75) is 18.9 Å². The van der Waals surface area contributed by atoms with E-state index in [1.807, 2.05) is 0 Å². The summed E-state index contributed by atoms with van der Waals surface area (Å²) in [4.78, 5) is 23.6. The SMILES string of the molecule is O=C(NCc1ccccc1Cl)C(=O)Nc1cc(C(F)(F)F)cc(C(F)(F)F)c1. The predicted octanol–water partition coefficient (Wildman–Crippen LogP) is 4.63. The van der Waals surface area contributed by atoms with Crippen molar-refractivity contribution in [2.24, 2.45) is 0 Å². The molecule has 0 aliphatic rings. The zero-order chi connectivity index (χ0) is 21.1. The Balaban J connectivity index is 2.16. The Bertz CT molecular complexity index is 864. The van der Waals surface area contributed by atoms with Crippen molar-refractivity contribution in [3.8, 4) is 0 Å². The molecule has 2 aromatic rings. The molecule has 0 atom stereocenters. The molecule has 28 heavy (non-hydrogen) atoms. The first kappa shape index (κ1) is 21.5. The minimum absolute atomic E-state index is 0.0901. The molecule has 0 unspecified atom stereocenters. The summed E-state index contributed by atoms with van der Waals surface area (Å²) >= 11 is 5.87.